The maximum atomic E-state index is 11.4. The summed E-state index contributed by atoms with van der Waals surface area (Å²) in [5.74, 6) is -0.400. The molecule has 10 heteroatoms. The fourth-order valence-electron chi connectivity index (χ4n) is 2.34. The van der Waals surface area contributed by atoms with E-state index in [1.165, 1.54) is 0 Å². The van der Waals surface area contributed by atoms with Gasteiger partial charge in [-0.05, 0) is 18.6 Å². The van der Waals surface area contributed by atoms with Crippen molar-refractivity contribution in [3.63, 3.8) is 0 Å². The third-order valence-electron chi connectivity index (χ3n) is 3.64. The molecule has 0 aliphatic carbocycles. The van der Waals surface area contributed by atoms with Gasteiger partial charge in [0.2, 0.25) is 0 Å². The van der Waals surface area contributed by atoms with E-state index < -0.39 is 11.6 Å². The number of rotatable bonds is 3. The van der Waals surface area contributed by atoms with E-state index in [0.29, 0.717) is 18.5 Å². The number of nitrogens with two attached hydrogens (primary N) is 1. The largest absolute Gasteiger partial charge is 0.477 e. The molecule has 2 rings (SSSR count). The molecule has 1 atom stereocenters. The summed E-state index contributed by atoms with van der Waals surface area (Å²) in [7, 11) is 6.53. The molecule has 94 valence electrons. The summed E-state index contributed by atoms with van der Waals surface area (Å²) in [5.41, 5.74) is 5.93. The van der Waals surface area contributed by atoms with Crippen LogP contribution in [0.1, 0.15) is 15.9 Å². The minimum absolute atomic E-state index is 0.00836. The fourth-order valence-corrected chi connectivity index (χ4v) is 2.34. The van der Waals surface area contributed by atoms with E-state index in [1.54, 1.807) is 13.0 Å². The first kappa shape index (κ1) is 13.8. The molecule has 5 nitrogen and oxygen atoms in total. The van der Waals surface area contributed by atoms with Crippen molar-refractivity contribution in [3.05, 3.63) is 17.2 Å². The standard InChI is InChI=1S/C9H14B5NO4/c1-3-2-4-7(5(6(3)15)8(16)17)19-9(13-10,18-4)14(11)12/h2,13H,10-12,15H2,1H3,(H,16,17). The van der Waals surface area contributed by atoms with E-state index in [2.05, 4.69) is 0 Å². The van der Waals surface area contributed by atoms with Crippen molar-refractivity contribution in [1.29, 1.82) is 0 Å². The van der Waals surface area contributed by atoms with Crippen molar-refractivity contribution in [3.8, 4) is 11.5 Å². The van der Waals surface area contributed by atoms with Gasteiger partial charge in [-0.15, -0.1) is 0 Å². The molecule has 1 aromatic carbocycles. The number of anilines is 1. The van der Waals surface area contributed by atoms with Crippen LogP contribution in [-0.4, -0.2) is 53.5 Å². The van der Waals surface area contributed by atoms with Crippen molar-refractivity contribution in [2.75, 3.05) is 5.73 Å². The van der Waals surface area contributed by atoms with Gasteiger partial charge in [-0.1, -0.05) is 0 Å². The Hall–Kier alpha value is -1.59. The second kappa shape index (κ2) is 4.51. The molecule has 1 aromatic rings. The lowest BCUT2D eigenvalue weighted by Gasteiger charge is -2.30. The van der Waals surface area contributed by atoms with Gasteiger partial charge in [-0.2, -0.15) is 0 Å². The second-order valence-electron chi connectivity index (χ2n) is 5.14. The lowest BCUT2D eigenvalue weighted by atomic mass is 9.09. The van der Waals surface area contributed by atoms with E-state index in [1.807, 2.05) is 23.2 Å². The Morgan fingerprint density at radius 1 is 1.53 bits per heavy atom. The molecule has 1 unspecified atom stereocenters. The summed E-state index contributed by atoms with van der Waals surface area (Å²) in [5, 5.41) is 9.32. The minimum atomic E-state index is -1.10. The van der Waals surface area contributed by atoms with Gasteiger partial charge in [0.05, 0.1) is 28.9 Å². The van der Waals surface area contributed by atoms with Gasteiger partial charge < -0.3 is 20.3 Å². The molecule has 0 amide bonds. The lowest BCUT2D eigenvalue weighted by molar-refractivity contribution is 0.0667. The van der Waals surface area contributed by atoms with Crippen LogP contribution in [-0.2, 0) is 0 Å². The van der Waals surface area contributed by atoms with Crippen LogP contribution in [0.3, 0.4) is 0 Å². The third-order valence-corrected chi connectivity index (χ3v) is 3.64. The van der Waals surface area contributed by atoms with Gasteiger partial charge in [-0.3, -0.25) is 0 Å². The zero-order valence-corrected chi connectivity index (χ0v) is 11.6. The first-order valence-corrected chi connectivity index (χ1v) is 6.36. The molecule has 1 heterocycles. The van der Waals surface area contributed by atoms with Crippen molar-refractivity contribution < 1.29 is 19.4 Å². The number of carboxylic acid groups (broad SMARTS) is 1. The first-order valence-electron chi connectivity index (χ1n) is 6.36. The van der Waals surface area contributed by atoms with Gasteiger partial charge in [0.1, 0.15) is 5.56 Å². The number of aryl methyl sites for hydroxylation is 1. The van der Waals surface area contributed by atoms with Gasteiger partial charge in [0.25, 0.3) is 0 Å². The number of carboxylic acids is 1. The molecule has 0 saturated carbocycles. The van der Waals surface area contributed by atoms with Gasteiger partial charge in [-0.25, -0.2) is 4.79 Å². The average molecular weight is 254 g/mol. The van der Waals surface area contributed by atoms with E-state index in [-0.39, 0.29) is 23.5 Å². The first-order chi connectivity index (χ1) is 8.82. The quantitative estimate of drug-likeness (QED) is 0.443. The summed E-state index contributed by atoms with van der Waals surface area (Å²) >= 11 is 0. The maximum absolute atomic E-state index is 11.4. The van der Waals surface area contributed by atoms with E-state index >= 15 is 0 Å². The molecule has 19 heavy (non-hydrogen) atoms. The molecule has 1 aliphatic rings. The SMILES string of the molecule is BBC1(B(B)B)Oc2cc(C)c(N)c(C(=O)O)c2O1. The smallest absolute Gasteiger partial charge is 0.341 e. The van der Waals surface area contributed by atoms with Crippen LogP contribution >= 0.6 is 0 Å². The zero-order valence-electron chi connectivity index (χ0n) is 11.6. The Balaban J connectivity index is 2.60. The Labute approximate surface area is 115 Å². The Kier molecular flexibility index (Phi) is 3.28. The Morgan fingerprint density at radius 3 is 2.63 bits per heavy atom. The number of aromatic carboxylic acids is 1. The van der Waals surface area contributed by atoms with Crippen molar-refractivity contribution >= 4 is 48.5 Å². The van der Waals surface area contributed by atoms with Crippen LogP contribution < -0.4 is 15.2 Å². The molecule has 0 bridgehead atoms. The summed E-state index contributed by atoms with van der Waals surface area (Å²) in [6.45, 7) is 1.85. The number of benzene rings is 1. The molecule has 0 fully saturated rings. The molecule has 0 aromatic heterocycles. The predicted octanol–water partition coefficient (Wildman–Crippen LogP) is -3.02. The maximum Gasteiger partial charge on any atom is 0.341 e. The number of carbonyl (C=O) groups is 1. The van der Waals surface area contributed by atoms with Crippen molar-refractivity contribution in [1.82, 2.24) is 0 Å². The zero-order chi connectivity index (χ0) is 14.4. The molecule has 0 spiro atoms. The van der Waals surface area contributed by atoms with E-state index in [4.69, 9.17) is 15.2 Å². The van der Waals surface area contributed by atoms with Crippen molar-refractivity contribution in [2.24, 2.45) is 0 Å². The van der Waals surface area contributed by atoms with E-state index in [9.17, 15) is 9.90 Å². The lowest BCUT2D eigenvalue weighted by Crippen LogP contribution is -2.59. The highest BCUT2D eigenvalue weighted by atomic mass is 16.7. The molecule has 3 N–H and O–H groups in total. The topological polar surface area (TPSA) is 81.8 Å². The third kappa shape index (κ3) is 1.99. The Bertz CT molecular complexity index is 552. The minimum Gasteiger partial charge on any atom is -0.477 e. The van der Waals surface area contributed by atoms with Crippen LogP contribution in [0.2, 0.25) is 0 Å². The molecular weight excluding hydrogens is 240 g/mol. The summed E-state index contributed by atoms with van der Waals surface area (Å²) in [4.78, 5) is 11.4. The van der Waals surface area contributed by atoms with Crippen LogP contribution in [0.4, 0.5) is 5.69 Å². The van der Waals surface area contributed by atoms with Crippen LogP contribution in [0.25, 0.3) is 0 Å². The van der Waals surface area contributed by atoms with Crippen LogP contribution in [0.5, 0.6) is 11.5 Å². The molecular formula is C9H14B5NO4. The number of ether oxygens (including phenoxy) is 2. The summed E-state index contributed by atoms with van der Waals surface area (Å²) < 4.78 is 11.7. The number of hydrogen-bond acceptors (Lipinski definition) is 4. The fraction of sp³-hybridized carbons (Fsp3) is 0.222. The summed E-state index contributed by atoms with van der Waals surface area (Å²) in [6.07, 6.45) is 0. The average Bonchev–Trinajstić information content (AvgIpc) is 2.69. The molecule has 1 aliphatic heterocycles. The highest BCUT2D eigenvalue weighted by molar-refractivity contribution is 7.34. The molecule has 0 saturated heterocycles. The normalized spacial score (nSPS) is 20.1. The monoisotopic (exact) mass is 255 g/mol. The molecule has 0 radical (unpaired) electrons. The van der Waals surface area contributed by atoms with Crippen LogP contribution in [0, 0.1) is 6.92 Å². The highest BCUT2D eigenvalue weighted by Gasteiger charge is 2.45. The Morgan fingerprint density at radius 2 is 2.16 bits per heavy atom. The number of nitrogen functional groups attached to an aromatic ring is 1. The highest BCUT2D eigenvalue weighted by Crippen LogP contribution is 2.45. The van der Waals surface area contributed by atoms with Gasteiger partial charge in [0, 0.05) is 0 Å². The van der Waals surface area contributed by atoms with Crippen LogP contribution in [0.15, 0.2) is 6.07 Å². The van der Waals surface area contributed by atoms with Gasteiger partial charge >= 0.3 is 5.97 Å². The number of fused-ring (bicyclic) bond motifs is 1. The predicted molar refractivity (Wildman–Crippen MR) is 85.1 cm³/mol. The second-order valence-corrected chi connectivity index (χ2v) is 5.14. The van der Waals surface area contributed by atoms with Crippen molar-refractivity contribution in [2.45, 2.75) is 12.5 Å². The summed E-state index contributed by atoms with van der Waals surface area (Å²) in [6, 6.07) is 1.73. The number of hydrogen-bond donors (Lipinski definition) is 2. The van der Waals surface area contributed by atoms with Gasteiger partial charge in [0.15, 0.2) is 30.7 Å². The van der Waals surface area contributed by atoms with E-state index in [0.717, 1.165) is 0 Å².